The minimum atomic E-state index is -1.56. The third-order valence-corrected chi connectivity index (χ3v) is 3.73. The van der Waals surface area contributed by atoms with Crippen molar-refractivity contribution >= 4 is 11.2 Å². The number of rotatable bonds is 2. The van der Waals surface area contributed by atoms with Crippen LogP contribution in [-0.2, 0) is 4.74 Å². The van der Waals surface area contributed by atoms with Gasteiger partial charge in [0, 0.05) is 0 Å². The van der Waals surface area contributed by atoms with Gasteiger partial charge >= 0.3 is 0 Å². The molecule has 8 nitrogen and oxygen atoms in total. The van der Waals surface area contributed by atoms with Crippen LogP contribution in [0.15, 0.2) is 12.7 Å². The Balaban J connectivity index is 2.10. The van der Waals surface area contributed by atoms with Crippen LogP contribution in [0.2, 0.25) is 0 Å². The van der Waals surface area contributed by atoms with Crippen molar-refractivity contribution in [3.05, 3.63) is 18.3 Å². The van der Waals surface area contributed by atoms with E-state index < -0.39 is 24.0 Å². The van der Waals surface area contributed by atoms with E-state index in [2.05, 4.69) is 15.0 Å². The molecule has 0 radical (unpaired) electrons. The summed E-state index contributed by atoms with van der Waals surface area (Å²) in [5.74, 6) is 0. The fraction of sp³-hybridized carbons (Fsp3) is 0.583. The van der Waals surface area contributed by atoms with Crippen LogP contribution >= 0.6 is 0 Å². The van der Waals surface area contributed by atoms with E-state index in [0.717, 1.165) is 0 Å². The molecule has 0 aromatic carbocycles. The highest BCUT2D eigenvalue weighted by Gasteiger charge is 2.53. The van der Waals surface area contributed by atoms with E-state index in [1.165, 1.54) is 19.6 Å². The van der Waals surface area contributed by atoms with Gasteiger partial charge < -0.3 is 20.1 Å². The summed E-state index contributed by atoms with van der Waals surface area (Å²) in [5, 5.41) is 29.7. The van der Waals surface area contributed by atoms with Crippen LogP contribution in [0.1, 0.15) is 18.8 Å². The molecule has 20 heavy (non-hydrogen) atoms. The molecule has 2 aromatic heterocycles. The van der Waals surface area contributed by atoms with Gasteiger partial charge in [-0.3, -0.25) is 4.57 Å². The molecule has 3 heterocycles. The maximum absolute atomic E-state index is 10.4. The lowest BCUT2D eigenvalue weighted by Gasteiger charge is -2.27. The lowest BCUT2D eigenvalue weighted by atomic mass is 9.96. The Bertz CT molecular complexity index is 641. The van der Waals surface area contributed by atoms with Crippen molar-refractivity contribution in [1.82, 2.24) is 19.5 Å². The van der Waals surface area contributed by atoms with Crippen LogP contribution in [0, 0.1) is 6.92 Å². The molecule has 1 saturated heterocycles. The van der Waals surface area contributed by atoms with Crippen LogP contribution in [0.4, 0.5) is 0 Å². The number of imidazole rings is 1. The second kappa shape index (κ2) is 4.45. The normalized spacial score (nSPS) is 34.0. The number of hydrogen-bond acceptors (Lipinski definition) is 7. The zero-order valence-electron chi connectivity index (χ0n) is 11.1. The molecule has 3 rings (SSSR count). The van der Waals surface area contributed by atoms with Crippen LogP contribution < -0.4 is 0 Å². The first-order valence-electron chi connectivity index (χ1n) is 6.27. The first-order valence-corrected chi connectivity index (χ1v) is 6.27. The smallest absolute Gasteiger partial charge is 0.168 e. The van der Waals surface area contributed by atoms with Gasteiger partial charge in [-0.15, -0.1) is 0 Å². The van der Waals surface area contributed by atoms with E-state index in [-0.39, 0.29) is 6.61 Å². The molecule has 2 aromatic rings. The molecule has 1 aliphatic heterocycles. The molecule has 0 saturated carbocycles. The summed E-state index contributed by atoms with van der Waals surface area (Å²) in [4.78, 5) is 12.4. The second-order valence-corrected chi connectivity index (χ2v) is 5.16. The van der Waals surface area contributed by atoms with Crippen LogP contribution in [0.3, 0.4) is 0 Å². The van der Waals surface area contributed by atoms with Crippen molar-refractivity contribution in [2.75, 3.05) is 6.61 Å². The molecule has 0 bridgehead atoms. The molecular weight excluding hydrogens is 264 g/mol. The molecule has 1 aliphatic rings. The van der Waals surface area contributed by atoms with E-state index in [1.807, 2.05) is 0 Å². The van der Waals surface area contributed by atoms with E-state index in [1.54, 1.807) is 11.5 Å². The Labute approximate surface area is 114 Å². The van der Waals surface area contributed by atoms with Crippen molar-refractivity contribution in [3.8, 4) is 0 Å². The topological polar surface area (TPSA) is 114 Å². The number of aliphatic hydroxyl groups excluding tert-OH is 2. The first-order chi connectivity index (χ1) is 9.46. The molecule has 8 heteroatoms. The minimum Gasteiger partial charge on any atom is -0.394 e. The molecule has 0 aliphatic carbocycles. The van der Waals surface area contributed by atoms with Crippen LogP contribution in [0.25, 0.3) is 11.2 Å². The number of aromatic nitrogens is 4. The fourth-order valence-electron chi connectivity index (χ4n) is 2.53. The van der Waals surface area contributed by atoms with Crippen molar-refractivity contribution < 1.29 is 20.1 Å². The minimum absolute atomic E-state index is 0.380. The quantitative estimate of drug-likeness (QED) is 0.655. The van der Waals surface area contributed by atoms with Crippen molar-refractivity contribution in [2.45, 2.75) is 37.9 Å². The van der Waals surface area contributed by atoms with Gasteiger partial charge in [-0.1, -0.05) is 0 Å². The lowest BCUT2D eigenvalue weighted by molar-refractivity contribution is -0.0950. The summed E-state index contributed by atoms with van der Waals surface area (Å²) in [5.41, 5.74) is 0.271. The lowest BCUT2D eigenvalue weighted by Crippen LogP contribution is -2.44. The number of ether oxygens (including phenoxy) is 1. The number of aliphatic hydroxyl groups is 3. The van der Waals surface area contributed by atoms with E-state index in [4.69, 9.17) is 4.74 Å². The summed E-state index contributed by atoms with van der Waals surface area (Å²) < 4.78 is 7.09. The highest BCUT2D eigenvalue weighted by atomic mass is 16.6. The summed E-state index contributed by atoms with van der Waals surface area (Å²) >= 11 is 0. The van der Waals surface area contributed by atoms with Gasteiger partial charge in [-0.25, -0.2) is 15.0 Å². The molecule has 0 spiro atoms. The summed E-state index contributed by atoms with van der Waals surface area (Å²) in [6, 6.07) is 0. The number of fused-ring (bicyclic) bond motifs is 1. The maximum Gasteiger partial charge on any atom is 0.168 e. The molecule has 3 N–H and O–H groups in total. The first kappa shape index (κ1) is 13.4. The van der Waals surface area contributed by atoms with E-state index in [0.29, 0.717) is 16.9 Å². The van der Waals surface area contributed by atoms with Gasteiger partial charge in [0.15, 0.2) is 11.9 Å². The zero-order chi connectivity index (χ0) is 14.5. The molecule has 108 valence electrons. The van der Waals surface area contributed by atoms with Crippen LogP contribution in [-0.4, -0.2) is 59.3 Å². The fourth-order valence-corrected chi connectivity index (χ4v) is 2.53. The Morgan fingerprint density at radius 3 is 2.80 bits per heavy atom. The number of aryl methyl sites for hydroxylation is 1. The van der Waals surface area contributed by atoms with Gasteiger partial charge in [0.1, 0.15) is 29.7 Å². The molecular formula is C12H16N4O4. The third kappa shape index (κ3) is 1.73. The summed E-state index contributed by atoms with van der Waals surface area (Å²) in [6.07, 6.45) is -0.0422. The molecule has 0 amide bonds. The number of hydrogen-bond donors (Lipinski definition) is 3. The highest BCUT2D eigenvalue weighted by Crippen LogP contribution is 2.39. The van der Waals surface area contributed by atoms with Gasteiger partial charge in [0.25, 0.3) is 0 Å². The number of nitrogens with zero attached hydrogens (tertiary/aromatic N) is 4. The zero-order valence-corrected chi connectivity index (χ0v) is 11.1. The van der Waals surface area contributed by atoms with E-state index >= 15 is 0 Å². The van der Waals surface area contributed by atoms with Crippen LogP contribution in [0.5, 0.6) is 0 Å². The van der Waals surface area contributed by atoms with Gasteiger partial charge in [-0.05, 0) is 13.8 Å². The average Bonchev–Trinajstić information content (AvgIpc) is 2.92. The maximum atomic E-state index is 10.4. The highest BCUT2D eigenvalue weighted by molar-refractivity contribution is 5.72. The Hall–Kier alpha value is -1.61. The Morgan fingerprint density at radius 1 is 1.40 bits per heavy atom. The largest absolute Gasteiger partial charge is 0.394 e. The summed E-state index contributed by atoms with van der Waals surface area (Å²) in [7, 11) is 0. The van der Waals surface area contributed by atoms with Gasteiger partial charge in [0.05, 0.1) is 18.6 Å². The standard InChI is InChI=1S/C12H16N4O4/c1-6-8-10(14-4-13-6)16(5-15-8)11-12(2,19)9(18)7(3-17)20-11/h4-5,7,9,11,17-19H,3H2,1-2H3/t7-,9+,11-,12?/m1/s1. The Kier molecular flexibility index (Phi) is 2.98. The average molecular weight is 280 g/mol. The van der Waals surface area contributed by atoms with Gasteiger partial charge in [-0.2, -0.15) is 0 Å². The van der Waals surface area contributed by atoms with Crippen molar-refractivity contribution in [3.63, 3.8) is 0 Å². The van der Waals surface area contributed by atoms with Crippen molar-refractivity contribution in [2.24, 2.45) is 0 Å². The molecule has 4 atom stereocenters. The SMILES string of the molecule is Cc1ncnc2c1ncn2[C@@H]1O[C@H](CO)[C@H](O)C1(C)O. The summed E-state index contributed by atoms with van der Waals surface area (Å²) in [6.45, 7) is 2.88. The predicted octanol–water partition coefficient (Wildman–Crippen LogP) is -0.864. The second-order valence-electron chi connectivity index (χ2n) is 5.16. The van der Waals surface area contributed by atoms with E-state index in [9.17, 15) is 15.3 Å². The molecule has 1 unspecified atom stereocenters. The third-order valence-electron chi connectivity index (χ3n) is 3.73. The molecule has 1 fully saturated rings. The van der Waals surface area contributed by atoms with Gasteiger partial charge in [0.2, 0.25) is 0 Å². The predicted molar refractivity (Wildman–Crippen MR) is 67.7 cm³/mol. The monoisotopic (exact) mass is 280 g/mol. The Morgan fingerprint density at radius 2 is 2.15 bits per heavy atom. The van der Waals surface area contributed by atoms with Crippen molar-refractivity contribution in [1.29, 1.82) is 0 Å².